The molecule has 0 unspecified atom stereocenters. The Morgan fingerprint density at radius 3 is 2.32 bits per heavy atom. The van der Waals surface area contributed by atoms with Gasteiger partial charge in [-0.25, -0.2) is 4.79 Å². The number of hydrogen-bond acceptors (Lipinski definition) is 5. The maximum absolute atomic E-state index is 11.5. The average molecular weight is 272 g/mol. The van der Waals surface area contributed by atoms with Gasteiger partial charge in [-0.2, -0.15) is 0 Å². The van der Waals surface area contributed by atoms with Crippen molar-refractivity contribution in [2.45, 2.75) is 65.3 Å². The Morgan fingerprint density at radius 1 is 1.26 bits per heavy atom. The molecule has 0 rings (SSSR count). The summed E-state index contributed by atoms with van der Waals surface area (Å²) in [6.45, 7) is 8.59. The van der Waals surface area contributed by atoms with Crippen molar-refractivity contribution in [3.05, 3.63) is 12.2 Å². The molecule has 0 aromatic carbocycles. The quantitative estimate of drug-likeness (QED) is 0.591. The Bertz CT molecular complexity index is 325. The van der Waals surface area contributed by atoms with Crippen molar-refractivity contribution in [1.82, 2.24) is 0 Å². The molecule has 1 N–H and O–H groups in total. The normalized spacial score (nSPS) is 15.1. The second-order valence-electron chi connectivity index (χ2n) is 5.53. The zero-order chi connectivity index (χ0) is 15.1. The highest BCUT2D eigenvalue weighted by Crippen LogP contribution is 2.10. The number of esters is 2. The van der Waals surface area contributed by atoms with Gasteiger partial charge in [0.2, 0.25) is 0 Å². The molecule has 0 aromatic rings. The number of hydrogen-bond donors (Lipinski definition) is 1. The molecule has 5 nitrogen and oxygen atoms in total. The molecule has 0 aliphatic carbocycles. The summed E-state index contributed by atoms with van der Waals surface area (Å²) >= 11 is 0. The van der Waals surface area contributed by atoms with Crippen molar-refractivity contribution in [2.75, 3.05) is 0 Å². The van der Waals surface area contributed by atoms with E-state index in [1.165, 1.54) is 12.2 Å². The lowest BCUT2D eigenvalue weighted by molar-refractivity contribution is -0.159. The molecule has 0 aliphatic heterocycles. The standard InChI is InChI=1S/C14H24O5/c1-10(15)7-6-8-12(16)18-11(2)9-13(17)19-14(3,4)5/h6,8,10-11,15H,7,9H2,1-5H3/b8-6+/t10-,11+/m0/s1. The van der Waals surface area contributed by atoms with Crippen LogP contribution in [-0.2, 0) is 19.1 Å². The van der Waals surface area contributed by atoms with Gasteiger partial charge in [-0.05, 0) is 41.0 Å². The van der Waals surface area contributed by atoms with E-state index in [1.807, 2.05) is 0 Å². The fourth-order valence-corrected chi connectivity index (χ4v) is 1.26. The molecule has 0 aliphatic rings. The highest BCUT2D eigenvalue weighted by Gasteiger charge is 2.19. The predicted octanol–water partition coefficient (Wildman–Crippen LogP) is 1.98. The smallest absolute Gasteiger partial charge is 0.330 e. The SMILES string of the molecule is C[C@H](O)C/C=C/C(=O)O[C@H](C)CC(=O)OC(C)(C)C. The number of carbonyl (C=O) groups is 2. The van der Waals surface area contributed by atoms with Crippen molar-refractivity contribution in [1.29, 1.82) is 0 Å². The minimum atomic E-state index is -0.544. The summed E-state index contributed by atoms with van der Waals surface area (Å²) in [5.41, 5.74) is -0.544. The first-order valence-corrected chi connectivity index (χ1v) is 6.37. The number of ether oxygens (including phenoxy) is 2. The first kappa shape index (κ1) is 17.6. The van der Waals surface area contributed by atoms with Crippen molar-refractivity contribution in [3.8, 4) is 0 Å². The predicted molar refractivity (Wildman–Crippen MR) is 71.5 cm³/mol. The van der Waals surface area contributed by atoms with Gasteiger partial charge in [0, 0.05) is 6.08 Å². The van der Waals surface area contributed by atoms with Gasteiger partial charge in [0.25, 0.3) is 0 Å². The van der Waals surface area contributed by atoms with Gasteiger partial charge in [0.15, 0.2) is 0 Å². The fraction of sp³-hybridized carbons (Fsp3) is 0.714. The molecule has 0 spiro atoms. The Morgan fingerprint density at radius 2 is 1.84 bits per heavy atom. The summed E-state index contributed by atoms with van der Waals surface area (Å²) in [5, 5.41) is 9.01. The lowest BCUT2D eigenvalue weighted by Crippen LogP contribution is -2.27. The number of aliphatic hydroxyl groups is 1. The van der Waals surface area contributed by atoms with E-state index < -0.39 is 29.7 Å². The van der Waals surface area contributed by atoms with Crippen LogP contribution in [0.3, 0.4) is 0 Å². The first-order valence-electron chi connectivity index (χ1n) is 6.37. The van der Waals surface area contributed by atoms with Gasteiger partial charge in [-0.1, -0.05) is 6.08 Å². The molecule has 0 radical (unpaired) electrons. The topological polar surface area (TPSA) is 72.8 Å². The van der Waals surface area contributed by atoms with E-state index in [0.717, 1.165) is 0 Å². The summed E-state index contributed by atoms with van der Waals surface area (Å²) < 4.78 is 10.1. The molecule has 2 atom stereocenters. The molecule has 0 saturated carbocycles. The maximum Gasteiger partial charge on any atom is 0.330 e. The maximum atomic E-state index is 11.5. The van der Waals surface area contributed by atoms with Gasteiger partial charge in [0.05, 0.1) is 12.5 Å². The van der Waals surface area contributed by atoms with Crippen LogP contribution in [0.15, 0.2) is 12.2 Å². The second-order valence-corrected chi connectivity index (χ2v) is 5.53. The van der Waals surface area contributed by atoms with Gasteiger partial charge < -0.3 is 14.6 Å². The van der Waals surface area contributed by atoms with Gasteiger partial charge in [-0.15, -0.1) is 0 Å². The molecule has 0 amide bonds. The van der Waals surface area contributed by atoms with Crippen LogP contribution in [0, 0.1) is 0 Å². The monoisotopic (exact) mass is 272 g/mol. The molecule has 0 heterocycles. The Kier molecular flexibility index (Phi) is 7.37. The first-order chi connectivity index (χ1) is 8.60. The Labute approximate surface area is 114 Å². The second kappa shape index (κ2) is 7.94. The minimum absolute atomic E-state index is 0.0211. The van der Waals surface area contributed by atoms with Gasteiger partial charge in [-0.3, -0.25) is 4.79 Å². The van der Waals surface area contributed by atoms with Crippen molar-refractivity contribution < 1.29 is 24.2 Å². The van der Waals surface area contributed by atoms with Crippen molar-refractivity contribution in [2.24, 2.45) is 0 Å². The molecule has 19 heavy (non-hydrogen) atoms. The van der Waals surface area contributed by atoms with E-state index in [1.54, 1.807) is 34.6 Å². The summed E-state index contributed by atoms with van der Waals surface area (Å²) in [6.07, 6.45) is 2.15. The molecule has 5 heteroatoms. The highest BCUT2D eigenvalue weighted by molar-refractivity contribution is 5.82. The summed E-state index contributed by atoms with van der Waals surface area (Å²) in [6, 6.07) is 0. The third-order valence-corrected chi connectivity index (χ3v) is 1.92. The third kappa shape index (κ3) is 11.5. The van der Waals surface area contributed by atoms with E-state index in [-0.39, 0.29) is 6.42 Å². The van der Waals surface area contributed by atoms with E-state index >= 15 is 0 Å². The Hall–Kier alpha value is -1.36. The fourth-order valence-electron chi connectivity index (χ4n) is 1.26. The number of rotatable bonds is 6. The van der Waals surface area contributed by atoms with Crippen molar-refractivity contribution in [3.63, 3.8) is 0 Å². The Balaban J connectivity index is 4.03. The summed E-state index contributed by atoms with van der Waals surface area (Å²) in [7, 11) is 0. The zero-order valence-electron chi connectivity index (χ0n) is 12.3. The van der Waals surface area contributed by atoms with E-state index in [4.69, 9.17) is 14.6 Å². The molecular weight excluding hydrogens is 248 g/mol. The van der Waals surface area contributed by atoms with Gasteiger partial charge in [0.1, 0.15) is 11.7 Å². The average Bonchev–Trinajstić information content (AvgIpc) is 2.12. The van der Waals surface area contributed by atoms with Crippen LogP contribution < -0.4 is 0 Å². The van der Waals surface area contributed by atoms with Gasteiger partial charge >= 0.3 is 11.9 Å². The highest BCUT2D eigenvalue weighted by atomic mass is 16.6. The molecule has 0 bridgehead atoms. The lowest BCUT2D eigenvalue weighted by atomic mass is 10.2. The van der Waals surface area contributed by atoms with Crippen LogP contribution in [0.2, 0.25) is 0 Å². The molecular formula is C14H24O5. The van der Waals surface area contributed by atoms with E-state index in [9.17, 15) is 9.59 Å². The van der Waals surface area contributed by atoms with Crippen LogP contribution in [0.5, 0.6) is 0 Å². The summed E-state index contributed by atoms with van der Waals surface area (Å²) in [5.74, 6) is -0.933. The van der Waals surface area contributed by atoms with Crippen LogP contribution in [-0.4, -0.2) is 34.9 Å². The third-order valence-electron chi connectivity index (χ3n) is 1.92. The molecule has 0 aromatic heterocycles. The van der Waals surface area contributed by atoms with Crippen molar-refractivity contribution >= 4 is 11.9 Å². The minimum Gasteiger partial charge on any atom is -0.460 e. The van der Waals surface area contributed by atoms with Crippen LogP contribution in [0.4, 0.5) is 0 Å². The van der Waals surface area contributed by atoms with E-state index in [2.05, 4.69) is 0 Å². The molecule has 0 saturated heterocycles. The molecule has 0 fully saturated rings. The summed E-state index contributed by atoms with van der Waals surface area (Å²) in [4.78, 5) is 22.8. The van der Waals surface area contributed by atoms with Crippen LogP contribution >= 0.6 is 0 Å². The van der Waals surface area contributed by atoms with Crippen LogP contribution in [0.1, 0.15) is 47.5 Å². The largest absolute Gasteiger partial charge is 0.460 e. The van der Waals surface area contributed by atoms with Crippen LogP contribution in [0.25, 0.3) is 0 Å². The number of aliphatic hydroxyl groups excluding tert-OH is 1. The number of carbonyl (C=O) groups excluding carboxylic acids is 2. The zero-order valence-corrected chi connectivity index (χ0v) is 12.3. The lowest BCUT2D eigenvalue weighted by Gasteiger charge is -2.20. The van der Waals surface area contributed by atoms with E-state index in [0.29, 0.717) is 6.42 Å². The molecule has 110 valence electrons.